The summed E-state index contributed by atoms with van der Waals surface area (Å²) < 4.78 is 5.69. The highest BCUT2D eigenvalue weighted by atomic mass is 32.2. The van der Waals surface area contributed by atoms with Gasteiger partial charge in [-0.15, -0.1) is 0 Å². The fraction of sp³-hybridized carbons (Fsp3) is 0.100. The highest BCUT2D eigenvalue weighted by molar-refractivity contribution is 8.18. The summed E-state index contributed by atoms with van der Waals surface area (Å²) in [5.74, 6) is -1.28. The fourth-order valence-corrected chi connectivity index (χ4v) is 3.34. The molecule has 7 nitrogen and oxygen atoms in total. The number of thioether (sulfide) groups is 1. The maximum absolute atomic E-state index is 12.1. The van der Waals surface area contributed by atoms with Gasteiger partial charge in [-0.3, -0.25) is 19.3 Å². The number of carbonyl (C=O) groups is 3. The van der Waals surface area contributed by atoms with E-state index in [9.17, 15) is 14.4 Å². The van der Waals surface area contributed by atoms with Crippen molar-refractivity contribution in [1.82, 2.24) is 4.90 Å². The van der Waals surface area contributed by atoms with Crippen LogP contribution in [-0.4, -0.2) is 33.7 Å². The zero-order chi connectivity index (χ0) is 20.1. The van der Waals surface area contributed by atoms with E-state index in [4.69, 9.17) is 15.1 Å². The molecular weight excluding hydrogens is 380 g/mol. The Morgan fingerprint density at radius 3 is 2.57 bits per heavy atom. The predicted molar refractivity (Wildman–Crippen MR) is 102 cm³/mol. The minimum Gasteiger partial charge on any atom is -0.489 e. The average Bonchev–Trinajstić information content (AvgIpc) is 2.94. The Morgan fingerprint density at radius 1 is 1.18 bits per heavy atom. The summed E-state index contributed by atoms with van der Waals surface area (Å²) in [6, 6.07) is 16.1. The Hall–Kier alpha value is -3.57. The zero-order valence-corrected chi connectivity index (χ0v) is 15.3. The highest BCUT2D eigenvalue weighted by Crippen LogP contribution is 2.32. The molecule has 0 unspecified atom stereocenters. The first-order valence-electron chi connectivity index (χ1n) is 8.16. The number of amides is 2. The lowest BCUT2D eigenvalue weighted by Crippen LogP contribution is -2.33. The van der Waals surface area contributed by atoms with Gasteiger partial charge in [0.15, 0.2) is 0 Å². The quantitative estimate of drug-likeness (QED) is 0.749. The molecule has 0 atom stereocenters. The lowest BCUT2D eigenvalue weighted by Gasteiger charge is -2.08. The Balaban J connectivity index is 1.67. The number of carboxylic acid groups (broad SMARTS) is 1. The van der Waals surface area contributed by atoms with Crippen molar-refractivity contribution in [2.75, 3.05) is 6.54 Å². The smallest absolute Gasteiger partial charge is 0.323 e. The molecule has 1 aliphatic rings. The van der Waals surface area contributed by atoms with Crippen LogP contribution in [0.3, 0.4) is 0 Å². The SMILES string of the molecule is N#Cc1ccccc1COc1ccc(/C=C2/SC(=O)N(CC(=O)O)C2=O)cc1. The van der Waals surface area contributed by atoms with Crippen LogP contribution in [-0.2, 0) is 16.2 Å². The number of imide groups is 1. The van der Waals surface area contributed by atoms with Crippen LogP contribution in [0.15, 0.2) is 53.4 Å². The van der Waals surface area contributed by atoms with Crippen LogP contribution < -0.4 is 4.74 Å². The lowest BCUT2D eigenvalue weighted by molar-refractivity contribution is -0.140. The summed E-state index contributed by atoms with van der Waals surface area (Å²) in [6.07, 6.45) is 1.53. The number of nitrogens with zero attached hydrogens (tertiary/aromatic N) is 2. The molecular formula is C20H14N2O5S. The number of hydrogen-bond acceptors (Lipinski definition) is 6. The molecule has 1 fully saturated rings. The van der Waals surface area contributed by atoms with Crippen LogP contribution in [0.5, 0.6) is 5.75 Å². The van der Waals surface area contributed by atoms with Gasteiger partial charge in [0.25, 0.3) is 11.1 Å². The number of carbonyl (C=O) groups excluding carboxylic acids is 2. The molecule has 140 valence electrons. The maximum atomic E-state index is 12.1. The third kappa shape index (κ3) is 4.39. The molecule has 8 heteroatoms. The van der Waals surface area contributed by atoms with E-state index < -0.39 is 23.7 Å². The van der Waals surface area contributed by atoms with Crippen LogP contribution in [0.1, 0.15) is 16.7 Å². The fourth-order valence-electron chi connectivity index (χ4n) is 2.50. The van der Waals surface area contributed by atoms with Crippen molar-refractivity contribution in [3.8, 4) is 11.8 Å². The van der Waals surface area contributed by atoms with E-state index in [2.05, 4.69) is 6.07 Å². The van der Waals surface area contributed by atoms with Crippen molar-refractivity contribution in [1.29, 1.82) is 5.26 Å². The van der Waals surface area contributed by atoms with Crippen molar-refractivity contribution < 1.29 is 24.2 Å². The van der Waals surface area contributed by atoms with Crippen molar-refractivity contribution in [2.45, 2.75) is 6.61 Å². The summed E-state index contributed by atoms with van der Waals surface area (Å²) in [5, 5.41) is 17.3. The van der Waals surface area contributed by atoms with Crippen molar-refractivity contribution >= 4 is 35.0 Å². The van der Waals surface area contributed by atoms with Gasteiger partial charge in [-0.05, 0) is 41.6 Å². The third-order valence-electron chi connectivity index (χ3n) is 3.88. The summed E-state index contributed by atoms with van der Waals surface area (Å²) >= 11 is 0.708. The lowest BCUT2D eigenvalue weighted by atomic mass is 10.1. The first-order chi connectivity index (χ1) is 13.5. The Kier molecular flexibility index (Phi) is 5.77. The molecule has 0 aromatic heterocycles. The van der Waals surface area contributed by atoms with Crippen LogP contribution in [0, 0.1) is 11.3 Å². The Labute approximate surface area is 164 Å². The molecule has 0 radical (unpaired) electrons. The van der Waals surface area contributed by atoms with Crippen molar-refractivity contribution in [3.63, 3.8) is 0 Å². The summed E-state index contributed by atoms with van der Waals surface area (Å²) in [6.45, 7) is -0.407. The molecule has 3 rings (SSSR count). The van der Waals surface area contributed by atoms with Gasteiger partial charge < -0.3 is 9.84 Å². The minimum atomic E-state index is -1.25. The van der Waals surface area contributed by atoms with E-state index in [1.165, 1.54) is 6.08 Å². The second-order valence-electron chi connectivity index (χ2n) is 5.79. The molecule has 28 heavy (non-hydrogen) atoms. The van der Waals surface area contributed by atoms with Crippen LogP contribution in [0.2, 0.25) is 0 Å². The van der Waals surface area contributed by atoms with E-state index in [-0.39, 0.29) is 11.5 Å². The van der Waals surface area contributed by atoms with Gasteiger partial charge in [0.2, 0.25) is 0 Å². The number of aliphatic carboxylic acids is 1. The normalized spacial score (nSPS) is 15.0. The first-order valence-corrected chi connectivity index (χ1v) is 8.97. The number of rotatable bonds is 6. The molecule has 1 saturated heterocycles. The minimum absolute atomic E-state index is 0.169. The van der Waals surface area contributed by atoms with E-state index in [0.717, 1.165) is 5.56 Å². The molecule has 0 bridgehead atoms. The van der Waals surface area contributed by atoms with Crippen LogP contribution in [0.4, 0.5) is 4.79 Å². The van der Waals surface area contributed by atoms with Crippen molar-refractivity contribution in [3.05, 3.63) is 70.1 Å². The highest BCUT2D eigenvalue weighted by Gasteiger charge is 2.36. The number of nitriles is 1. The van der Waals surface area contributed by atoms with Gasteiger partial charge in [0.05, 0.1) is 16.5 Å². The summed E-state index contributed by atoms with van der Waals surface area (Å²) in [7, 11) is 0. The van der Waals surface area contributed by atoms with E-state index >= 15 is 0 Å². The molecule has 1 aliphatic heterocycles. The molecule has 0 spiro atoms. The van der Waals surface area contributed by atoms with E-state index in [1.54, 1.807) is 36.4 Å². The van der Waals surface area contributed by atoms with Gasteiger partial charge in [-0.2, -0.15) is 5.26 Å². The van der Waals surface area contributed by atoms with Gasteiger partial charge >= 0.3 is 5.97 Å². The molecule has 0 saturated carbocycles. The van der Waals surface area contributed by atoms with Crippen LogP contribution in [0.25, 0.3) is 6.08 Å². The molecule has 1 N–H and O–H groups in total. The number of ether oxygens (including phenoxy) is 1. The zero-order valence-electron chi connectivity index (χ0n) is 14.5. The molecule has 2 aromatic carbocycles. The number of hydrogen-bond donors (Lipinski definition) is 1. The van der Waals surface area contributed by atoms with Crippen LogP contribution >= 0.6 is 11.8 Å². The van der Waals surface area contributed by atoms with E-state index in [0.29, 0.717) is 33.5 Å². The maximum Gasteiger partial charge on any atom is 0.323 e. The monoisotopic (exact) mass is 394 g/mol. The topological polar surface area (TPSA) is 108 Å². The number of carboxylic acids is 1. The predicted octanol–water partition coefficient (Wildman–Crippen LogP) is 3.26. The summed E-state index contributed by atoms with van der Waals surface area (Å²) in [5.41, 5.74) is 2.00. The second-order valence-corrected chi connectivity index (χ2v) is 6.78. The van der Waals surface area contributed by atoms with Gasteiger partial charge in [0, 0.05) is 5.56 Å². The van der Waals surface area contributed by atoms with Gasteiger partial charge in [-0.25, -0.2) is 0 Å². The Bertz CT molecular complexity index is 1010. The van der Waals surface area contributed by atoms with E-state index in [1.807, 2.05) is 12.1 Å². The second kappa shape index (κ2) is 8.41. The van der Waals surface area contributed by atoms with Crippen molar-refractivity contribution in [2.24, 2.45) is 0 Å². The summed E-state index contributed by atoms with van der Waals surface area (Å²) in [4.78, 5) is 35.5. The molecule has 1 heterocycles. The molecule has 2 aromatic rings. The van der Waals surface area contributed by atoms with Gasteiger partial charge in [0.1, 0.15) is 18.9 Å². The largest absolute Gasteiger partial charge is 0.489 e. The average molecular weight is 394 g/mol. The first kappa shape index (κ1) is 19.2. The Morgan fingerprint density at radius 2 is 1.89 bits per heavy atom. The standard InChI is InChI=1S/C20H14N2O5S/c21-10-14-3-1-2-4-15(14)12-27-16-7-5-13(6-8-16)9-17-19(25)22(11-18(23)24)20(26)28-17/h1-9H,11-12H2,(H,23,24)/b17-9+. The molecule has 2 amide bonds. The third-order valence-corrected chi connectivity index (χ3v) is 4.78. The number of benzene rings is 2. The molecule has 0 aliphatic carbocycles. The van der Waals surface area contributed by atoms with Gasteiger partial charge in [-0.1, -0.05) is 30.3 Å².